The van der Waals surface area contributed by atoms with E-state index in [9.17, 15) is 4.79 Å². The minimum Gasteiger partial charge on any atom is -0.401 e. The van der Waals surface area contributed by atoms with E-state index in [-0.39, 0.29) is 22.8 Å². The zero-order valence-electron chi connectivity index (χ0n) is 15.7. The Labute approximate surface area is 168 Å². The van der Waals surface area contributed by atoms with Crippen molar-refractivity contribution in [2.75, 3.05) is 5.75 Å². The van der Waals surface area contributed by atoms with Gasteiger partial charge in [0.05, 0.1) is 17.6 Å². The number of allylic oxidation sites excluding steroid dienone is 2. The van der Waals surface area contributed by atoms with Gasteiger partial charge in [0.15, 0.2) is 10.9 Å². The van der Waals surface area contributed by atoms with Crippen LogP contribution in [0, 0.1) is 18.3 Å². The van der Waals surface area contributed by atoms with E-state index in [4.69, 9.17) is 11.0 Å². The van der Waals surface area contributed by atoms with Gasteiger partial charge in [0.2, 0.25) is 0 Å². The molecule has 1 aromatic heterocycles. The number of hydrogen-bond donors (Lipinski definition) is 1. The average Bonchev–Trinajstić information content (AvgIpc) is 3.12. The van der Waals surface area contributed by atoms with Crippen LogP contribution in [0.3, 0.4) is 0 Å². The molecule has 0 saturated heterocycles. The molecule has 0 saturated carbocycles. The number of carbonyl (C=O) groups is 1. The summed E-state index contributed by atoms with van der Waals surface area (Å²) >= 11 is 1.29. The lowest BCUT2D eigenvalue weighted by Gasteiger charge is -2.12. The molecule has 3 aromatic rings. The molecule has 5 nitrogen and oxygen atoms in total. The summed E-state index contributed by atoms with van der Waals surface area (Å²) in [6.45, 7) is 3.60. The second kappa shape index (κ2) is 8.59. The van der Waals surface area contributed by atoms with Crippen molar-refractivity contribution in [3.63, 3.8) is 0 Å². The van der Waals surface area contributed by atoms with Crippen LogP contribution in [0.2, 0.25) is 0 Å². The van der Waals surface area contributed by atoms with Crippen LogP contribution in [0.4, 0.5) is 0 Å². The first-order valence-electron chi connectivity index (χ1n) is 8.74. The second-order valence-corrected chi connectivity index (χ2v) is 7.29. The van der Waals surface area contributed by atoms with Crippen LogP contribution < -0.4 is 5.73 Å². The standard InChI is InChI=1S/C22H20N4OS/c1-15-8-10-17(11-9-15)20-13-25-22(26(20)18-6-4-3-5-7-18)28-14-21(27)19(12-23)16(2)24/h3-11,13H,14,24H2,1-2H3/b19-16+. The van der Waals surface area contributed by atoms with Crippen molar-refractivity contribution >= 4 is 17.5 Å². The van der Waals surface area contributed by atoms with E-state index in [0.717, 1.165) is 16.9 Å². The molecule has 0 aliphatic heterocycles. The number of ketones is 1. The van der Waals surface area contributed by atoms with Crippen LogP contribution >= 0.6 is 11.8 Å². The predicted octanol–water partition coefficient (Wildman–Crippen LogP) is 4.27. The molecule has 0 atom stereocenters. The van der Waals surface area contributed by atoms with E-state index in [1.807, 2.05) is 47.9 Å². The van der Waals surface area contributed by atoms with Gasteiger partial charge in [0.25, 0.3) is 0 Å². The number of benzene rings is 2. The number of Topliss-reactive ketones (excluding diaryl/α,β-unsaturated/α-hetero) is 1. The average molecular weight is 388 g/mol. The Morgan fingerprint density at radius 1 is 1.18 bits per heavy atom. The minimum absolute atomic E-state index is 0.00377. The Morgan fingerprint density at radius 2 is 1.86 bits per heavy atom. The third-order valence-corrected chi connectivity index (χ3v) is 5.16. The number of rotatable bonds is 6. The molecule has 2 aromatic carbocycles. The summed E-state index contributed by atoms with van der Waals surface area (Å²) in [7, 11) is 0. The number of para-hydroxylation sites is 1. The van der Waals surface area contributed by atoms with Gasteiger partial charge >= 0.3 is 0 Å². The molecular formula is C22H20N4OS. The molecule has 6 heteroatoms. The van der Waals surface area contributed by atoms with Crippen LogP contribution in [-0.2, 0) is 4.79 Å². The molecule has 0 unspecified atom stereocenters. The van der Waals surface area contributed by atoms with E-state index >= 15 is 0 Å². The summed E-state index contributed by atoms with van der Waals surface area (Å²) in [4.78, 5) is 16.9. The molecule has 28 heavy (non-hydrogen) atoms. The molecule has 0 spiro atoms. The van der Waals surface area contributed by atoms with E-state index in [2.05, 4.69) is 29.2 Å². The Kier molecular flexibility index (Phi) is 5.97. The molecule has 0 aliphatic carbocycles. The predicted molar refractivity (Wildman–Crippen MR) is 112 cm³/mol. The van der Waals surface area contributed by atoms with Gasteiger partial charge < -0.3 is 5.73 Å². The highest BCUT2D eigenvalue weighted by Gasteiger charge is 2.17. The number of nitriles is 1. The molecule has 1 heterocycles. The number of carbonyl (C=O) groups excluding carboxylic acids is 1. The lowest BCUT2D eigenvalue weighted by molar-refractivity contribution is -0.112. The number of thioether (sulfide) groups is 1. The van der Waals surface area contributed by atoms with Gasteiger partial charge in [-0.05, 0) is 26.0 Å². The number of nitrogens with zero attached hydrogens (tertiary/aromatic N) is 3. The van der Waals surface area contributed by atoms with Crippen LogP contribution in [0.15, 0.2) is 77.2 Å². The Morgan fingerprint density at radius 3 is 2.46 bits per heavy atom. The molecule has 0 bridgehead atoms. The van der Waals surface area contributed by atoms with Crippen molar-refractivity contribution in [1.82, 2.24) is 9.55 Å². The topological polar surface area (TPSA) is 84.7 Å². The first-order chi connectivity index (χ1) is 13.5. The largest absolute Gasteiger partial charge is 0.401 e. The van der Waals surface area contributed by atoms with Gasteiger partial charge in [-0.3, -0.25) is 9.36 Å². The number of hydrogen-bond acceptors (Lipinski definition) is 5. The van der Waals surface area contributed by atoms with Crippen LogP contribution in [-0.4, -0.2) is 21.1 Å². The SMILES string of the molecule is C/C(N)=C(/C#N)C(=O)CSc1ncc(-c2ccc(C)cc2)n1-c1ccccc1. The molecule has 2 N–H and O–H groups in total. The van der Waals surface area contributed by atoms with Crippen LogP contribution in [0.25, 0.3) is 16.9 Å². The van der Waals surface area contributed by atoms with Gasteiger partial charge in [0, 0.05) is 16.9 Å². The minimum atomic E-state index is -0.299. The first-order valence-corrected chi connectivity index (χ1v) is 9.72. The summed E-state index contributed by atoms with van der Waals surface area (Å²) in [6.07, 6.45) is 1.81. The van der Waals surface area contributed by atoms with E-state index in [0.29, 0.717) is 5.16 Å². The maximum Gasteiger partial charge on any atom is 0.185 e. The van der Waals surface area contributed by atoms with Crippen molar-refractivity contribution in [1.29, 1.82) is 5.26 Å². The molecule has 0 radical (unpaired) electrons. The third-order valence-electron chi connectivity index (χ3n) is 4.21. The normalized spacial score (nSPS) is 11.6. The lowest BCUT2D eigenvalue weighted by Crippen LogP contribution is -2.11. The Balaban J connectivity index is 1.98. The first kappa shape index (κ1) is 19.5. The van der Waals surface area contributed by atoms with E-state index in [1.165, 1.54) is 17.3 Å². The quantitative estimate of drug-likeness (QED) is 0.387. The summed E-state index contributed by atoms with van der Waals surface area (Å²) < 4.78 is 2.02. The van der Waals surface area contributed by atoms with Crippen LogP contribution in [0.1, 0.15) is 12.5 Å². The zero-order valence-corrected chi connectivity index (χ0v) is 16.5. The summed E-state index contributed by atoms with van der Waals surface area (Å²) in [5.41, 5.74) is 9.99. The highest BCUT2D eigenvalue weighted by atomic mass is 32.2. The highest BCUT2D eigenvalue weighted by molar-refractivity contribution is 7.99. The second-order valence-electron chi connectivity index (χ2n) is 6.34. The molecule has 140 valence electrons. The molecule has 0 aliphatic rings. The molecule has 0 fully saturated rings. The zero-order chi connectivity index (χ0) is 20.1. The van der Waals surface area contributed by atoms with Gasteiger partial charge in [-0.15, -0.1) is 0 Å². The molecular weight excluding hydrogens is 368 g/mol. The van der Waals surface area contributed by atoms with Crippen molar-refractivity contribution in [3.05, 3.63) is 77.6 Å². The third kappa shape index (κ3) is 4.16. The van der Waals surface area contributed by atoms with Crippen molar-refractivity contribution in [3.8, 4) is 23.0 Å². The van der Waals surface area contributed by atoms with E-state index < -0.39 is 0 Å². The number of aryl methyl sites for hydroxylation is 1. The van der Waals surface area contributed by atoms with Gasteiger partial charge in [0.1, 0.15) is 11.6 Å². The Hall–Kier alpha value is -3.30. The molecule has 0 amide bonds. The van der Waals surface area contributed by atoms with E-state index in [1.54, 1.807) is 13.1 Å². The van der Waals surface area contributed by atoms with Crippen molar-refractivity contribution in [2.24, 2.45) is 5.73 Å². The lowest BCUT2D eigenvalue weighted by atomic mass is 10.1. The van der Waals surface area contributed by atoms with Crippen LogP contribution in [0.5, 0.6) is 0 Å². The fourth-order valence-electron chi connectivity index (χ4n) is 2.76. The monoisotopic (exact) mass is 388 g/mol. The number of imidazole rings is 1. The van der Waals surface area contributed by atoms with Crippen molar-refractivity contribution in [2.45, 2.75) is 19.0 Å². The smallest absolute Gasteiger partial charge is 0.185 e. The summed E-state index contributed by atoms with van der Waals surface area (Å²) in [5, 5.41) is 9.82. The summed E-state index contributed by atoms with van der Waals surface area (Å²) in [6, 6.07) is 20.0. The Bertz CT molecular complexity index is 1060. The van der Waals surface area contributed by atoms with Gasteiger partial charge in [-0.25, -0.2) is 4.98 Å². The highest BCUT2D eigenvalue weighted by Crippen LogP contribution is 2.30. The van der Waals surface area contributed by atoms with Crippen molar-refractivity contribution < 1.29 is 4.79 Å². The fourth-order valence-corrected chi connectivity index (χ4v) is 3.63. The molecule has 3 rings (SSSR count). The maximum atomic E-state index is 12.3. The maximum absolute atomic E-state index is 12.3. The fraction of sp³-hybridized carbons (Fsp3) is 0.136. The van der Waals surface area contributed by atoms with Gasteiger partial charge in [-0.2, -0.15) is 5.26 Å². The summed E-state index contributed by atoms with van der Waals surface area (Å²) in [5.74, 6) is -0.207. The number of aromatic nitrogens is 2. The number of nitrogens with two attached hydrogens (primary N) is 1. The van der Waals surface area contributed by atoms with Gasteiger partial charge in [-0.1, -0.05) is 59.8 Å².